The van der Waals surface area contributed by atoms with Crippen LogP contribution in [-0.2, 0) is 28.8 Å². The SMILES string of the molecule is CC(O)(CC(=O)[O-])C(=O)[O-].CC(O)(CC(=O)[O-])C(=O)[O-].CC(O)(CC(=O)[O-])C(=O)[O-].[CH3][Sn+3].[CH3][Sn+3]. The van der Waals surface area contributed by atoms with Crippen LogP contribution in [0.25, 0.3) is 0 Å². The van der Waals surface area contributed by atoms with Crippen molar-refractivity contribution >= 4 is 80.9 Å². The molecule has 0 rings (SSSR count). The van der Waals surface area contributed by atoms with Crippen molar-refractivity contribution in [3.05, 3.63) is 0 Å². The molecule has 0 heterocycles. The number of carboxylic acids is 6. The number of aliphatic hydroxyl groups is 3. The van der Waals surface area contributed by atoms with Gasteiger partial charge in [0.2, 0.25) is 0 Å². The summed E-state index contributed by atoms with van der Waals surface area (Å²) in [7, 11) is 0. The fourth-order valence-electron chi connectivity index (χ4n) is 1.06. The van der Waals surface area contributed by atoms with Gasteiger partial charge in [-0.15, -0.1) is 0 Å². The maximum atomic E-state index is 9.90. The van der Waals surface area contributed by atoms with Gasteiger partial charge in [-0.1, -0.05) is 0 Å². The van der Waals surface area contributed by atoms with Gasteiger partial charge >= 0.3 is 54.9 Å². The van der Waals surface area contributed by atoms with Crippen LogP contribution in [0.2, 0.25) is 9.88 Å². The minimum atomic E-state index is -2.33. The Morgan fingerprint density at radius 2 is 0.618 bits per heavy atom. The van der Waals surface area contributed by atoms with Gasteiger partial charge in [0, 0.05) is 37.2 Å². The number of carbonyl (C=O) groups is 6. The Labute approximate surface area is 221 Å². The average molecular weight is 706 g/mol. The molecule has 0 amide bonds. The molecular formula is C17H24O15Sn2. The topological polar surface area (TPSA) is 301 Å². The first-order chi connectivity index (χ1) is 15.1. The van der Waals surface area contributed by atoms with Crippen LogP contribution in [-0.4, -0.2) is 113 Å². The van der Waals surface area contributed by atoms with Gasteiger partial charge < -0.3 is 74.7 Å². The van der Waals surface area contributed by atoms with E-state index in [1.165, 1.54) is 0 Å². The van der Waals surface area contributed by atoms with Gasteiger partial charge in [-0.25, -0.2) is 0 Å². The van der Waals surface area contributed by atoms with Crippen LogP contribution < -0.4 is 30.6 Å². The number of carbonyl (C=O) groups excluding carboxylic acids is 6. The Kier molecular flexibility index (Phi) is 25.8. The van der Waals surface area contributed by atoms with Crippen molar-refractivity contribution in [1.82, 2.24) is 0 Å². The second-order valence-electron chi connectivity index (χ2n) is 6.33. The van der Waals surface area contributed by atoms with Crippen molar-refractivity contribution in [2.45, 2.75) is 66.7 Å². The second kappa shape index (κ2) is 20.7. The molecule has 0 aromatic heterocycles. The molecule has 3 unspecified atom stereocenters. The summed E-state index contributed by atoms with van der Waals surface area (Å²) in [6.45, 7) is 2.49. The molecule has 0 aliphatic heterocycles. The fourth-order valence-corrected chi connectivity index (χ4v) is 1.06. The molecular weight excluding hydrogens is 682 g/mol. The third-order valence-electron chi connectivity index (χ3n) is 2.78. The number of carboxylic acid groups (broad SMARTS) is 6. The molecule has 0 bridgehead atoms. The number of hydrogen-bond donors (Lipinski definition) is 3. The van der Waals surface area contributed by atoms with Crippen LogP contribution in [0.3, 0.4) is 0 Å². The van der Waals surface area contributed by atoms with Crippen LogP contribution in [0.4, 0.5) is 0 Å². The average Bonchev–Trinajstić information content (AvgIpc) is 2.62. The Morgan fingerprint density at radius 1 is 0.500 bits per heavy atom. The molecule has 15 nitrogen and oxygen atoms in total. The summed E-state index contributed by atoms with van der Waals surface area (Å²) in [5, 5.41) is 85.0. The summed E-state index contributed by atoms with van der Waals surface area (Å²) >= 11 is 3.10. The van der Waals surface area contributed by atoms with E-state index in [1.807, 2.05) is 0 Å². The summed E-state index contributed by atoms with van der Waals surface area (Å²) < 4.78 is 0. The van der Waals surface area contributed by atoms with E-state index in [0.29, 0.717) is 0 Å². The number of rotatable bonds is 9. The summed E-state index contributed by atoms with van der Waals surface area (Å²) in [4.78, 5) is 63.2. The van der Waals surface area contributed by atoms with E-state index in [1.54, 1.807) is 45.0 Å². The third-order valence-corrected chi connectivity index (χ3v) is 2.78. The fraction of sp³-hybridized carbons (Fsp3) is 0.647. The Morgan fingerprint density at radius 3 is 0.647 bits per heavy atom. The van der Waals surface area contributed by atoms with Crippen LogP contribution in [0.1, 0.15) is 40.0 Å². The van der Waals surface area contributed by atoms with E-state index >= 15 is 0 Å². The molecule has 0 aliphatic rings. The Bertz CT molecular complexity index is 581. The zero-order chi connectivity index (χ0) is 29.1. The molecule has 3 N–H and O–H groups in total. The number of aliphatic carboxylic acids is 6. The predicted octanol–water partition coefficient (Wildman–Crippen LogP) is -9.71. The van der Waals surface area contributed by atoms with Gasteiger partial charge in [0.1, 0.15) is 16.8 Å². The molecule has 0 fully saturated rings. The van der Waals surface area contributed by atoms with E-state index in [-0.39, 0.29) is 0 Å². The Hall–Kier alpha value is -1.70. The maximum absolute atomic E-state index is 9.90. The molecule has 0 aliphatic carbocycles. The molecule has 0 radical (unpaired) electrons. The molecule has 0 aromatic carbocycles. The van der Waals surface area contributed by atoms with Crippen LogP contribution >= 0.6 is 0 Å². The summed E-state index contributed by atoms with van der Waals surface area (Å²) in [6, 6.07) is 0. The summed E-state index contributed by atoms with van der Waals surface area (Å²) in [5.74, 6) is -10.4. The Balaban J connectivity index is -0.000000115. The summed E-state index contributed by atoms with van der Waals surface area (Å²) in [5.41, 5.74) is -7.00. The van der Waals surface area contributed by atoms with Crippen molar-refractivity contribution in [3.8, 4) is 0 Å². The van der Waals surface area contributed by atoms with Crippen LogP contribution in [0.5, 0.6) is 0 Å². The molecule has 0 spiro atoms. The zero-order valence-electron chi connectivity index (χ0n) is 18.9. The van der Waals surface area contributed by atoms with E-state index < -0.39 is 71.9 Å². The van der Waals surface area contributed by atoms with Crippen molar-refractivity contribution in [2.75, 3.05) is 0 Å². The standard InChI is InChI=1S/3C5H8O5.2CH3.2Sn/c3*1-5(10,4(8)9)2-3(6)7;;;;/h3*10H,2H2,1H3,(H,6,7)(H,8,9);2*1H3;;/q;;;;;2*+3/p-6. The molecule has 17 heteroatoms. The second-order valence-corrected chi connectivity index (χ2v) is 6.33. The predicted molar refractivity (Wildman–Crippen MR) is 99.0 cm³/mol. The van der Waals surface area contributed by atoms with Crippen LogP contribution in [0.15, 0.2) is 0 Å². The van der Waals surface area contributed by atoms with Gasteiger partial charge in [-0.3, -0.25) is 0 Å². The van der Waals surface area contributed by atoms with E-state index in [9.17, 15) is 59.4 Å². The normalized spacial score (nSPS) is 14.4. The van der Waals surface area contributed by atoms with Crippen molar-refractivity contribution < 1.29 is 74.7 Å². The zero-order valence-corrected chi connectivity index (χ0v) is 24.6. The first-order valence-electron chi connectivity index (χ1n) is 8.49. The van der Waals surface area contributed by atoms with Gasteiger partial charge in [-0.2, -0.15) is 0 Å². The molecule has 34 heavy (non-hydrogen) atoms. The van der Waals surface area contributed by atoms with E-state index in [2.05, 4.69) is 9.88 Å². The van der Waals surface area contributed by atoms with Gasteiger partial charge in [0.15, 0.2) is 0 Å². The molecule has 0 saturated carbocycles. The molecule has 0 saturated heterocycles. The first kappa shape index (κ1) is 42.5. The van der Waals surface area contributed by atoms with Crippen molar-refractivity contribution in [3.63, 3.8) is 0 Å². The number of hydrogen-bond acceptors (Lipinski definition) is 15. The minimum absolute atomic E-state index is 0.831. The summed E-state index contributed by atoms with van der Waals surface area (Å²) in [6.07, 6.45) is -2.89. The molecule has 190 valence electrons. The monoisotopic (exact) mass is 708 g/mol. The molecule has 0 aromatic rings. The quantitative estimate of drug-likeness (QED) is 0.188. The molecule has 3 atom stereocenters. The first-order valence-corrected chi connectivity index (χ1v) is 14.2. The van der Waals surface area contributed by atoms with E-state index in [0.717, 1.165) is 20.8 Å². The van der Waals surface area contributed by atoms with Crippen molar-refractivity contribution in [2.24, 2.45) is 0 Å². The van der Waals surface area contributed by atoms with E-state index in [4.69, 9.17) is 15.3 Å². The van der Waals surface area contributed by atoms with Crippen LogP contribution in [0, 0.1) is 0 Å². The van der Waals surface area contributed by atoms with Gasteiger partial charge in [-0.05, 0) is 20.8 Å². The van der Waals surface area contributed by atoms with Gasteiger partial charge in [0.25, 0.3) is 0 Å². The third kappa shape index (κ3) is 26.5. The van der Waals surface area contributed by atoms with Crippen molar-refractivity contribution in [1.29, 1.82) is 0 Å². The van der Waals surface area contributed by atoms with Gasteiger partial charge in [0.05, 0.1) is 17.9 Å².